The maximum Gasteiger partial charge on any atom is 0.138 e. The summed E-state index contributed by atoms with van der Waals surface area (Å²) in [5.74, 6) is 0.172. The first-order valence-electron chi connectivity index (χ1n) is 5.76. The summed E-state index contributed by atoms with van der Waals surface area (Å²) in [6, 6.07) is 5.48. The lowest BCUT2D eigenvalue weighted by molar-refractivity contribution is 0.284. The molecule has 1 saturated heterocycles. The van der Waals surface area contributed by atoms with Crippen LogP contribution in [0.25, 0.3) is 0 Å². The van der Waals surface area contributed by atoms with Crippen molar-refractivity contribution in [2.24, 2.45) is 5.41 Å². The predicted octanol–water partition coefficient (Wildman–Crippen LogP) is 2.21. The Morgan fingerprint density at radius 3 is 2.75 bits per heavy atom. The van der Waals surface area contributed by atoms with Gasteiger partial charge in [-0.05, 0) is 36.1 Å². The van der Waals surface area contributed by atoms with E-state index in [1.807, 2.05) is 12.1 Å². The molecule has 0 aromatic heterocycles. The molecular weight excluding hydrogens is 200 g/mol. The van der Waals surface area contributed by atoms with Crippen molar-refractivity contribution in [3.8, 4) is 5.75 Å². The van der Waals surface area contributed by atoms with Crippen LogP contribution in [0, 0.1) is 5.41 Å². The highest BCUT2D eigenvalue weighted by molar-refractivity contribution is 5.53. The van der Waals surface area contributed by atoms with Gasteiger partial charge in [-0.25, -0.2) is 0 Å². The predicted molar refractivity (Wildman–Crippen MR) is 66.2 cm³/mol. The van der Waals surface area contributed by atoms with Crippen molar-refractivity contribution in [2.45, 2.75) is 26.8 Å². The zero-order valence-corrected chi connectivity index (χ0v) is 10.0. The van der Waals surface area contributed by atoms with E-state index < -0.39 is 0 Å². The molecule has 3 nitrogen and oxygen atoms in total. The van der Waals surface area contributed by atoms with Crippen molar-refractivity contribution in [3.63, 3.8) is 0 Å². The van der Waals surface area contributed by atoms with Crippen molar-refractivity contribution in [3.05, 3.63) is 23.8 Å². The Kier molecular flexibility index (Phi) is 2.80. The molecule has 0 unspecified atom stereocenters. The average Bonchev–Trinajstić information content (AvgIpc) is 2.52. The molecule has 0 saturated carbocycles. The number of hydrogen-bond donors (Lipinski definition) is 2. The lowest BCUT2D eigenvalue weighted by Crippen LogP contribution is -2.22. The Bertz CT molecular complexity index is 388. The Morgan fingerprint density at radius 1 is 1.44 bits per heavy atom. The van der Waals surface area contributed by atoms with E-state index in [2.05, 4.69) is 18.7 Å². The van der Waals surface area contributed by atoms with E-state index in [9.17, 15) is 5.11 Å². The van der Waals surface area contributed by atoms with Crippen LogP contribution in [-0.4, -0.2) is 23.1 Å². The van der Waals surface area contributed by atoms with Crippen molar-refractivity contribution in [1.29, 1.82) is 0 Å². The van der Waals surface area contributed by atoms with Crippen LogP contribution in [0.1, 0.15) is 25.8 Å². The Balaban J connectivity index is 2.02. The Hall–Kier alpha value is -1.22. The molecule has 3 N–H and O–H groups in total. The molecule has 2 rings (SSSR count). The van der Waals surface area contributed by atoms with Gasteiger partial charge in [0.1, 0.15) is 5.75 Å². The quantitative estimate of drug-likeness (QED) is 0.593. The summed E-state index contributed by atoms with van der Waals surface area (Å²) < 4.78 is 0. The van der Waals surface area contributed by atoms with Crippen molar-refractivity contribution in [2.75, 3.05) is 18.8 Å². The van der Waals surface area contributed by atoms with E-state index in [0.29, 0.717) is 11.1 Å². The van der Waals surface area contributed by atoms with Gasteiger partial charge in [-0.2, -0.15) is 0 Å². The molecule has 0 radical (unpaired) electrons. The standard InChI is InChI=1S/C13H20N2O/c1-13(2)5-6-15(9-13)8-10-3-4-12(16)11(14)7-10/h3-4,7,16H,5-6,8-9,14H2,1-2H3. The van der Waals surface area contributed by atoms with Gasteiger partial charge in [-0.1, -0.05) is 19.9 Å². The minimum atomic E-state index is 0.172. The average molecular weight is 220 g/mol. The van der Waals surface area contributed by atoms with E-state index in [-0.39, 0.29) is 5.75 Å². The number of aromatic hydroxyl groups is 1. The normalized spacial score (nSPS) is 20.1. The maximum absolute atomic E-state index is 9.35. The molecule has 0 bridgehead atoms. The molecule has 1 aliphatic rings. The summed E-state index contributed by atoms with van der Waals surface area (Å²) in [6.07, 6.45) is 1.25. The first kappa shape index (κ1) is 11.3. The number of likely N-dealkylation sites (tertiary alicyclic amines) is 1. The Morgan fingerprint density at radius 2 is 2.19 bits per heavy atom. The van der Waals surface area contributed by atoms with E-state index in [1.54, 1.807) is 6.07 Å². The van der Waals surface area contributed by atoms with Crippen LogP contribution in [0.2, 0.25) is 0 Å². The van der Waals surface area contributed by atoms with Crippen LogP contribution in [-0.2, 0) is 6.54 Å². The summed E-state index contributed by atoms with van der Waals surface area (Å²) in [5.41, 5.74) is 7.76. The zero-order valence-electron chi connectivity index (χ0n) is 10.0. The molecule has 0 spiro atoms. The van der Waals surface area contributed by atoms with Gasteiger partial charge < -0.3 is 10.8 Å². The van der Waals surface area contributed by atoms with Gasteiger partial charge in [0, 0.05) is 13.1 Å². The minimum Gasteiger partial charge on any atom is -0.506 e. The van der Waals surface area contributed by atoms with Gasteiger partial charge in [-0.15, -0.1) is 0 Å². The van der Waals surface area contributed by atoms with Crippen LogP contribution in [0.3, 0.4) is 0 Å². The molecule has 0 aliphatic carbocycles. The largest absolute Gasteiger partial charge is 0.506 e. The number of nitrogen functional groups attached to an aromatic ring is 1. The molecule has 1 aliphatic heterocycles. The monoisotopic (exact) mass is 220 g/mol. The van der Waals surface area contributed by atoms with Gasteiger partial charge in [0.25, 0.3) is 0 Å². The highest BCUT2D eigenvalue weighted by Gasteiger charge is 2.28. The maximum atomic E-state index is 9.35. The van der Waals surface area contributed by atoms with Crippen LogP contribution in [0.4, 0.5) is 5.69 Å². The summed E-state index contributed by atoms with van der Waals surface area (Å²) in [6.45, 7) is 7.81. The lowest BCUT2D eigenvalue weighted by atomic mass is 9.93. The number of benzene rings is 1. The third-order valence-electron chi connectivity index (χ3n) is 3.25. The molecule has 1 aromatic rings. The molecule has 16 heavy (non-hydrogen) atoms. The highest BCUT2D eigenvalue weighted by atomic mass is 16.3. The van der Waals surface area contributed by atoms with Crippen LogP contribution >= 0.6 is 0 Å². The van der Waals surface area contributed by atoms with E-state index >= 15 is 0 Å². The second-order valence-corrected chi connectivity index (χ2v) is 5.52. The first-order valence-corrected chi connectivity index (χ1v) is 5.76. The summed E-state index contributed by atoms with van der Waals surface area (Å²) in [4.78, 5) is 2.44. The minimum absolute atomic E-state index is 0.172. The van der Waals surface area contributed by atoms with Crippen molar-refractivity contribution >= 4 is 5.69 Å². The second-order valence-electron chi connectivity index (χ2n) is 5.52. The fourth-order valence-corrected chi connectivity index (χ4v) is 2.32. The third kappa shape index (κ3) is 2.47. The number of rotatable bonds is 2. The summed E-state index contributed by atoms with van der Waals surface area (Å²) >= 11 is 0. The Labute approximate surface area is 96.9 Å². The van der Waals surface area contributed by atoms with Crippen molar-refractivity contribution < 1.29 is 5.11 Å². The SMILES string of the molecule is CC1(C)CCN(Cc2ccc(O)c(N)c2)C1. The number of nitrogens with zero attached hydrogens (tertiary/aromatic N) is 1. The first-order chi connectivity index (χ1) is 7.46. The highest BCUT2D eigenvalue weighted by Crippen LogP contribution is 2.30. The fraction of sp³-hybridized carbons (Fsp3) is 0.538. The molecule has 1 heterocycles. The number of nitrogens with two attached hydrogens (primary N) is 1. The zero-order chi connectivity index (χ0) is 11.8. The van der Waals surface area contributed by atoms with E-state index in [0.717, 1.165) is 19.6 Å². The van der Waals surface area contributed by atoms with Gasteiger partial charge in [0.2, 0.25) is 0 Å². The molecular formula is C13H20N2O. The van der Waals surface area contributed by atoms with Crippen LogP contribution < -0.4 is 5.73 Å². The summed E-state index contributed by atoms with van der Waals surface area (Å²) in [7, 11) is 0. The molecule has 3 heteroatoms. The van der Waals surface area contributed by atoms with Gasteiger partial charge >= 0.3 is 0 Å². The van der Waals surface area contributed by atoms with Gasteiger partial charge in [0.15, 0.2) is 0 Å². The molecule has 0 amide bonds. The fourth-order valence-electron chi connectivity index (χ4n) is 2.32. The van der Waals surface area contributed by atoms with E-state index in [1.165, 1.54) is 12.0 Å². The lowest BCUT2D eigenvalue weighted by Gasteiger charge is -2.19. The topological polar surface area (TPSA) is 49.5 Å². The number of phenols is 1. The molecule has 0 atom stereocenters. The summed E-state index contributed by atoms with van der Waals surface area (Å²) in [5, 5.41) is 9.35. The number of phenolic OH excluding ortho intramolecular Hbond substituents is 1. The van der Waals surface area contributed by atoms with E-state index in [4.69, 9.17) is 5.73 Å². The smallest absolute Gasteiger partial charge is 0.138 e. The third-order valence-corrected chi connectivity index (χ3v) is 3.25. The molecule has 1 aromatic carbocycles. The number of hydrogen-bond acceptors (Lipinski definition) is 3. The molecule has 88 valence electrons. The van der Waals surface area contributed by atoms with Gasteiger partial charge in [0.05, 0.1) is 5.69 Å². The second kappa shape index (κ2) is 3.98. The van der Waals surface area contributed by atoms with Crippen LogP contribution in [0.5, 0.6) is 5.75 Å². The van der Waals surface area contributed by atoms with Crippen LogP contribution in [0.15, 0.2) is 18.2 Å². The molecule has 1 fully saturated rings. The van der Waals surface area contributed by atoms with Crippen molar-refractivity contribution in [1.82, 2.24) is 4.90 Å². The van der Waals surface area contributed by atoms with Gasteiger partial charge in [-0.3, -0.25) is 4.90 Å². The number of anilines is 1.